The zero-order chi connectivity index (χ0) is 18.1. The maximum Gasteiger partial charge on any atom is 0.340 e. The molecule has 134 valence electrons. The van der Waals surface area contributed by atoms with Crippen LogP contribution in [0.15, 0.2) is 21.1 Å². The summed E-state index contributed by atoms with van der Waals surface area (Å²) in [5.74, 6) is -1.21. The van der Waals surface area contributed by atoms with Crippen molar-refractivity contribution in [3.63, 3.8) is 0 Å². The number of aliphatic hydroxyl groups excluding tert-OH is 1. The molecule has 1 atom stereocenters. The molecule has 0 aliphatic heterocycles. The Bertz CT molecular complexity index is 680. The number of ether oxygens (including phenoxy) is 1. The number of aliphatic hydroxyl groups is 1. The number of amides is 2. The normalized spacial score (nSPS) is 11.8. The largest absolute Gasteiger partial charge is 0.392 e. The van der Waals surface area contributed by atoms with Crippen LogP contribution < -0.4 is 16.6 Å². The summed E-state index contributed by atoms with van der Waals surface area (Å²) in [6.45, 7) is -1.04. The molecule has 0 spiro atoms. The molecule has 0 bridgehead atoms. The fourth-order valence-corrected chi connectivity index (χ4v) is 1.76. The third-order valence-corrected chi connectivity index (χ3v) is 2.88. The van der Waals surface area contributed by atoms with Crippen LogP contribution >= 0.6 is 11.6 Å². The maximum absolute atomic E-state index is 13.2. The number of halogens is 2. The Hall–Kier alpha value is -2.31. The van der Waals surface area contributed by atoms with E-state index in [0.29, 0.717) is 15.8 Å². The molecule has 0 aromatic carbocycles. The van der Waals surface area contributed by atoms with Gasteiger partial charge in [0.2, 0.25) is 5.82 Å². The van der Waals surface area contributed by atoms with Crippen molar-refractivity contribution < 1.29 is 19.0 Å². The van der Waals surface area contributed by atoms with Crippen molar-refractivity contribution in [2.24, 2.45) is 5.29 Å². The van der Waals surface area contributed by atoms with Crippen LogP contribution in [-0.4, -0.2) is 57.9 Å². The van der Waals surface area contributed by atoms with Crippen LogP contribution in [-0.2, 0) is 4.74 Å². The van der Waals surface area contributed by atoms with E-state index in [1.54, 1.807) is 4.98 Å². The van der Waals surface area contributed by atoms with Gasteiger partial charge < -0.3 is 15.2 Å². The summed E-state index contributed by atoms with van der Waals surface area (Å²) in [6.07, 6.45) is -0.678. The summed E-state index contributed by atoms with van der Waals surface area (Å²) >= 11 is 5.39. The highest BCUT2D eigenvalue weighted by atomic mass is 35.5. The molecule has 0 radical (unpaired) electrons. The summed E-state index contributed by atoms with van der Waals surface area (Å²) in [6, 6.07) is -0.804. The Kier molecular flexibility index (Phi) is 8.01. The summed E-state index contributed by atoms with van der Waals surface area (Å²) in [4.78, 5) is 46.1. The van der Waals surface area contributed by atoms with E-state index in [9.17, 15) is 28.8 Å². The molecule has 2 amide bonds. The minimum atomic E-state index is -1.27. The van der Waals surface area contributed by atoms with Crippen LogP contribution in [0.5, 0.6) is 0 Å². The molecule has 24 heavy (non-hydrogen) atoms. The van der Waals surface area contributed by atoms with E-state index in [2.05, 4.69) is 10.6 Å². The van der Waals surface area contributed by atoms with E-state index in [0.717, 1.165) is 0 Å². The fraction of sp³-hybridized carbons (Fsp3) is 0.545. The lowest BCUT2D eigenvalue weighted by atomic mass is 10.5. The Labute approximate surface area is 138 Å². The molecule has 13 heteroatoms. The molecule has 0 aliphatic rings. The van der Waals surface area contributed by atoms with Crippen molar-refractivity contribution >= 4 is 17.6 Å². The first-order valence-electron chi connectivity index (χ1n) is 6.62. The third kappa shape index (κ3) is 5.40. The second-order valence-electron chi connectivity index (χ2n) is 4.28. The van der Waals surface area contributed by atoms with Crippen molar-refractivity contribution in [1.82, 2.24) is 19.9 Å². The molecule has 0 aliphatic carbocycles. The number of aromatic nitrogens is 2. The van der Waals surface area contributed by atoms with Gasteiger partial charge in [0.1, 0.15) is 0 Å². The lowest BCUT2D eigenvalue weighted by Gasteiger charge is -2.18. The quantitative estimate of drug-likeness (QED) is 0.223. The van der Waals surface area contributed by atoms with E-state index in [1.165, 1.54) is 0 Å². The van der Waals surface area contributed by atoms with Crippen LogP contribution in [0.2, 0.25) is 0 Å². The first-order valence-corrected chi connectivity index (χ1v) is 7.16. The number of urea groups is 1. The number of hydrogen-bond acceptors (Lipinski definition) is 7. The minimum Gasteiger partial charge on any atom is -0.392 e. The van der Waals surface area contributed by atoms with Gasteiger partial charge >= 0.3 is 11.7 Å². The molecule has 1 aromatic rings. The van der Waals surface area contributed by atoms with Crippen LogP contribution in [0.3, 0.4) is 0 Å². The van der Waals surface area contributed by atoms with Gasteiger partial charge in [-0.1, -0.05) is 0 Å². The predicted octanol–water partition coefficient (Wildman–Crippen LogP) is -0.885. The smallest absolute Gasteiger partial charge is 0.340 e. The maximum atomic E-state index is 13.2. The molecule has 0 saturated heterocycles. The monoisotopic (exact) mass is 367 g/mol. The molecule has 1 heterocycles. The number of hydrogen-bond donors (Lipinski definition) is 3. The highest BCUT2D eigenvalue weighted by Crippen LogP contribution is 2.03. The second-order valence-corrected chi connectivity index (χ2v) is 4.66. The van der Waals surface area contributed by atoms with E-state index in [-0.39, 0.29) is 25.6 Å². The zero-order valence-corrected chi connectivity index (χ0v) is 13.0. The van der Waals surface area contributed by atoms with E-state index in [4.69, 9.17) is 16.3 Å². The van der Waals surface area contributed by atoms with Gasteiger partial charge in [-0.15, -0.1) is 16.5 Å². The van der Waals surface area contributed by atoms with Gasteiger partial charge in [-0.2, -0.15) is 9.40 Å². The van der Waals surface area contributed by atoms with Crippen LogP contribution in [0.25, 0.3) is 0 Å². The Balaban J connectivity index is 2.58. The van der Waals surface area contributed by atoms with Gasteiger partial charge in [0.15, 0.2) is 6.23 Å². The number of H-pyrrole nitrogens is 1. The number of alkyl halides is 1. The van der Waals surface area contributed by atoms with Gasteiger partial charge in [-0.05, 0) is 0 Å². The summed E-state index contributed by atoms with van der Waals surface area (Å²) < 4.78 is 19.0. The Morgan fingerprint density at radius 1 is 1.58 bits per heavy atom. The zero-order valence-electron chi connectivity index (χ0n) is 12.3. The molecule has 1 aromatic heterocycles. The summed E-state index contributed by atoms with van der Waals surface area (Å²) in [5, 5.41) is 14.5. The third-order valence-electron chi connectivity index (χ3n) is 2.71. The summed E-state index contributed by atoms with van der Waals surface area (Å²) in [7, 11) is 0. The first-order chi connectivity index (χ1) is 11.4. The number of nitrogens with zero attached hydrogens (tertiary/aromatic N) is 3. The number of carbonyl (C=O) groups excluding carboxylic acids is 1. The standard InChI is InChI=1S/C11H15ClFN5O6/c12-1-3-18(16-23)10(21)14-2-4-24-8(6-19)17-5-7(13)9(20)15-11(17)22/h5,8,19H,1-4,6H2,(H,14,21)(H,15,20,22). The van der Waals surface area contributed by atoms with Crippen LogP contribution in [0, 0.1) is 10.7 Å². The molecular weight excluding hydrogens is 353 g/mol. The van der Waals surface area contributed by atoms with Crippen molar-refractivity contribution in [3.8, 4) is 0 Å². The van der Waals surface area contributed by atoms with Crippen molar-refractivity contribution in [3.05, 3.63) is 37.8 Å². The van der Waals surface area contributed by atoms with Gasteiger partial charge in [-0.25, -0.2) is 9.59 Å². The lowest BCUT2D eigenvalue weighted by molar-refractivity contribution is -0.0357. The molecule has 1 unspecified atom stereocenters. The number of nitrogens with one attached hydrogen (secondary N) is 2. The number of aromatic amines is 1. The predicted molar refractivity (Wildman–Crippen MR) is 80.0 cm³/mol. The first kappa shape index (κ1) is 19.7. The minimum absolute atomic E-state index is 0.0168. The molecule has 11 nitrogen and oxygen atoms in total. The highest BCUT2D eigenvalue weighted by molar-refractivity contribution is 6.18. The SMILES string of the molecule is O=NN(CCCl)C(=O)NCCOC(CO)n1cc(F)c(=O)[nH]c1=O. The van der Waals surface area contributed by atoms with Gasteiger partial charge in [-0.3, -0.25) is 14.3 Å². The molecule has 1 rings (SSSR count). The lowest BCUT2D eigenvalue weighted by Crippen LogP contribution is -2.40. The van der Waals surface area contributed by atoms with Crippen LogP contribution in [0.4, 0.5) is 9.18 Å². The molecular formula is C11H15ClFN5O6. The molecule has 0 saturated carbocycles. The van der Waals surface area contributed by atoms with Gasteiger partial charge in [0.25, 0.3) is 5.56 Å². The van der Waals surface area contributed by atoms with Crippen LogP contribution in [0.1, 0.15) is 6.23 Å². The Morgan fingerprint density at radius 3 is 2.88 bits per heavy atom. The molecule has 0 fully saturated rings. The fourth-order valence-electron chi connectivity index (χ4n) is 1.60. The van der Waals surface area contributed by atoms with Crippen molar-refractivity contribution in [1.29, 1.82) is 0 Å². The van der Waals surface area contributed by atoms with Gasteiger partial charge in [0, 0.05) is 12.4 Å². The van der Waals surface area contributed by atoms with E-state index in [1.807, 2.05) is 0 Å². The molecule has 3 N–H and O–H groups in total. The topological polar surface area (TPSA) is 146 Å². The van der Waals surface area contributed by atoms with Crippen molar-refractivity contribution in [2.45, 2.75) is 6.23 Å². The highest BCUT2D eigenvalue weighted by Gasteiger charge is 2.16. The second kappa shape index (κ2) is 9.75. The van der Waals surface area contributed by atoms with Crippen molar-refractivity contribution in [2.75, 3.05) is 32.2 Å². The van der Waals surface area contributed by atoms with E-state index < -0.39 is 35.9 Å². The number of nitroso groups, excluding NO2 is 1. The Morgan fingerprint density at radius 2 is 2.29 bits per heavy atom. The summed E-state index contributed by atoms with van der Waals surface area (Å²) in [5.41, 5.74) is -2.16. The average Bonchev–Trinajstić information content (AvgIpc) is 2.56. The van der Waals surface area contributed by atoms with E-state index >= 15 is 0 Å². The van der Waals surface area contributed by atoms with Gasteiger partial charge in [0.05, 0.1) is 31.2 Å². The average molecular weight is 368 g/mol. The number of carbonyl (C=O) groups is 1. The number of rotatable bonds is 9.